The van der Waals surface area contributed by atoms with Gasteiger partial charge in [0.15, 0.2) is 0 Å². The van der Waals surface area contributed by atoms with Crippen molar-refractivity contribution in [3.05, 3.63) is 0 Å². The van der Waals surface area contributed by atoms with Gasteiger partial charge in [-0.2, -0.15) is 0 Å². The molecule has 2 heteroatoms. The van der Waals surface area contributed by atoms with Crippen LogP contribution in [0.15, 0.2) is 0 Å². The lowest BCUT2D eigenvalue weighted by atomic mass is 10.0. The quantitative estimate of drug-likeness (QED) is 0.268. The molecular weight excluding hydrogens is 236 g/mol. The number of ether oxygens (including phenoxy) is 1. The van der Waals surface area contributed by atoms with Gasteiger partial charge in [0.25, 0.3) is 6.47 Å². The van der Waals surface area contributed by atoms with Gasteiger partial charge in [0.05, 0.1) is 6.61 Å². The minimum absolute atomic E-state index is 0.544. The highest BCUT2D eigenvalue weighted by Gasteiger charge is 1.94. The number of carbonyl (C=O) groups is 1. The van der Waals surface area contributed by atoms with Crippen LogP contribution in [0.2, 0.25) is 0 Å². The van der Waals surface area contributed by atoms with Crippen LogP contribution in [0.4, 0.5) is 0 Å². The van der Waals surface area contributed by atoms with E-state index in [9.17, 15) is 4.79 Å². The van der Waals surface area contributed by atoms with Crippen molar-refractivity contribution in [3.8, 4) is 0 Å². The summed E-state index contributed by atoms with van der Waals surface area (Å²) in [5.41, 5.74) is 0. The van der Waals surface area contributed by atoms with Gasteiger partial charge in [-0.05, 0) is 6.42 Å². The van der Waals surface area contributed by atoms with Gasteiger partial charge in [0.2, 0.25) is 0 Å². The second-order valence-electron chi connectivity index (χ2n) is 5.56. The highest BCUT2D eigenvalue weighted by atomic mass is 16.5. The third kappa shape index (κ3) is 17.5. The standard InChI is InChI=1S/C17H34O2/c1-2-3-4-5-6-7-8-9-10-11-12-13-14-15-16-19-17-18/h17H,2-16H2,1H3. The molecule has 0 bridgehead atoms. The lowest BCUT2D eigenvalue weighted by molar-refractivity contribution is -0.128. The third-order valence-corrected chi connectivity index (χ3v) is 3.68. The Morgan fingerprint density at radius 1 is 0.632 bits per heavy atom. The van der Waals surface area contributed by atoms with E-state index in [-0.39, 0.29) is 0 Å². The fraction of sp³-hybridized carbons (Fsp3) is 0.941. The third-order valence-electron chi connectivity index (χ3n) is 3.68. The van der Waals surface area contributed by atoms with Crippen LogP contribution < -0.4 is 0 Å². The summed E-state index contributed by atoms with van der Waals surface area (Å²) in [5, 5.41) is 0. The van der Waals surface area contributed by atoms with E-state index in [1.807, 2.05) is 0 Å². The fourth-order valence-corrected chi connectivity index (χ4v) is 2.43. The van der Waals surface area contributed by atoms with E-state index in [2.05, 4.69) is 11.7 Å². The molecule has 2 nitrogen and oxygen atoms in total. The summed E-state index contributed by atoms with van der Waals surface area (Å²) < 4.78 is 4.66. The van der Waals surface area contributed by atoms with Gasteiger partial charge < -0.3 is 4.74 Å². The maximum Gasteiger partial charge on any atom is 0.293 e. The predicted octanol–water partition coefficient (Wildman–Crippen LogP) is 5.64. The molecule has 0 radical (unpaired) electrons. The van der Waals surface area contributed by atoms with Crippen LogP contribution in [-0.2, 0) is 9.53 Å². The Hall–Kier alpha value is -0.530. The van der Waals surface area contributed by atoms with Crippen molar-refractivity contribution in [2.45, 2.75) is 96.8 Å². The molecule has 0 fully saturated rings. The number of carbonyl (C=O) groups excluding carboxylic acids is 1. The normalized spacial score (nSPS) is 10.6. The van der Waals surface area contributed by atoms with Crippen LogP contribution in [0.5, 0.6) is 0 Å². The van der Waals surface area contributed by atoms with Gasteiger partial charge in [-0.3, -0.25) is 4.79 Å². The highest BCUT2D eigenvalue weighted by Crippen LogP contribution is 2.12. The average molecular weight is 270 g/mol. The Morgan fingerprint density at radius 2 is 1.00 bits per heavy atom. The van der Waals surface area contributed by atoms with E-state index in [1.165, 1.54) is 83.5 Å². The van der Waals surface area contributed by atoms with Gasteiger partial charge in [0, 0.05) is 0 Å². The van der Waals surface area contributed by atoms with Crippen LogP contribution in [0.1, 0.15) is 96.8 Å². The van der Waals surface area contributed by atoms with Crippen molar-refractivity contribution >= 4 is 6.47 Å². The Bertz CT molecular complexity index is 169. The zero-order valence-electron chi connectivity index (χ0n) is 13.0. The molecule has 0 saturated carbocycles. The molecule has 0 aromatic heterocycles. The summed E-state index contributed by atoms with van der Waals surface area (Å²) in [5.74, 6) is 0. The van der Waals surface area contributed by atoms with Crippen LogP contribution >= 0.6 is 0 Å². The maximum absolute atomic E-state index is 9.92. The van der Waals surface area contributed by atoms with E-state index >= 15 is 0 Å². The average Bonchev–Trinajstić information content (AvgIpc) is 2.43. The summed E-state index contributed by atoms with van der Waals surface area (Å²) >= 11 is 0. The maximum atomic E-state index is 9.92. The monoisotopic (exact) mass is 270 g/mol. The minimum Gasteiger partial charge on any atom is -0.468 e. The molecule has 0 aliphatic carbocycles. The van der Waals surface area contributed by atoms with Crippen LogP contribution in [-0.4, -0.2) is 13.1 Å². The van der Waals surface area contributed by atoms with Gasteiger partial charge >= 0.3 is 0 Å². The molecule has 0 atom stereocenters. The molecule has 0 aromatic rings. The molecule has 0 saturated heterocycles. The largest absolute Gasteiger partial charge is 0.468 e. The number of hydrogen-bond donors (Lipinski definition) is 0. The second kappa shape index (κ2) is 17.5. The van der Waals surface area contributed by atoms with Crippen molar-refractivity contribution in [1.29, 1.82) is 0 Å². The fourth-order valence-electron chi connectivity index (χ4n) is 2.43. The summed E-state index contributed by atoms with van der Waals surface area (Å²) in [4.78, 5) is 9.92. The van der Waals surface area contributed by atoms with Gasteiger partial charge in [-0.15, -0.1) is 0 Å². The molecule has 114 valence electrons. The Balaban J connectivity index is 2.89. The zero-order valence-corrected chi connectivity index (χ0v) is 13.0. The Morgan fingerprint density at radius 3 is 1.37 bits per heavy atom. The first-order valence-electron chi connectivity index (χ1n) is 8.47. The topological polar surface area (TPSA) is 26.3 Å². The molecule has 0 unspecified atom stereocenters. The lowest BCUT2D eigenvalue weighted by Crippen LogP contribution is -1.91. The van der Waals surface area contributed by atoms with Crippen LogP contribution in [0.3, 0.4) is 0 Å². The van der Waals surface area contributed by atoms with Crippen molar-refractivity contribution < 1.29 is 9.53 Å². The highest BCUT2D eigenvalue weighted by molar-refractivity contribution is 5.36. The molecule has 0 spiro atoms. The molecule has 0 aliphatic rings. The lowest BCUT2D eigenvalue weighted by Gasteiger charge is -2.03. The predicted molar refractivity (Wildman–Crippen MR) is 82.3 cm³/mol. The molecule has 0 N–H and O–H groups in total. The van der Waals surface area contributed by atoms with E-state index < -0.39 is 0 Å². The van der Waals surface area contributed by atoms with Crippen LogP contribution in [0, 0.1) is 0 Å². The first kappa shape index (κ1) is 18.5. The molecule has 0 heterocycles. The Kier molecular flexibility index (Phi) is 17.0. The summed E-state index contributed by atoms with van der Waals surface area (Å²) in [6.45, 7) is 3.42. The number of hydrogen-bond acceptors (Lipinski definition) is 2. The van der Waals surface area contributed by atoms with E-state index in [0.29, 0.717) is 13.1 Å². The minimum atomic E-state index is 0.544. The van der Waals surface area contributed by atoms with E-state index in [1.54, 1.807) is 0 Å². The SMILES string of the molecule is CCCCCCCCCCCCCCCCOC=O. The summed E-state index contributed by atoms with van der Waals surface area (Å²) in [6, 6.07) is 0. The smallest absolute Gasteiger partial charge is 0.293 e. The first-order valence-corrected chi connectivity index (χ1v) is 8.47. The summed E-state index contributed by atoms with van der Waals surface area (Å²) in [7, 11) is 0. The molecule has 0 aliphatic heterocycles. The van der Waals surface area contributed by atoms with Crippen molar-refractivity contribution in [2.24, 2.45) is 0 Å². The number of unbranched alkanes of at least 4 members (excludes halogenated alkanes) is 13. The van der Waals surface area contributed by atoms with Crippen LogP contribution in [0.25, 0.3) is 0 Å². The molecule has 19 heavy (non-hydrogen) atoms. The second-order valence-corrected chi connectivity index (χ2v) is 5.56. The van der Waals surface area contributed by atoms with Crippen molar-refractivity contribution in [2.75, 3.05) is 6.61 Å². The zero-order chi connectivity index (χ0) is 14.0. The molecule has 0 aromatic carbocycles. The summed E-state index contributed by atoms with van der Waals surface area (Å²) in [6.07, 6.45) is 19.0. The van der Waals surface area contributed by atoms with Gasteiger partial charge in [-0.1, -0.05) is 90.4 Å². The first-order chi connectivity index (χ1) is 9.41. The van der Waals surface area contributed by atoms with Gasteiger partial charge in [-0.25, -0.2) is 0 Å². The molecular formula is C17H34O2. The van der Waals surface area contributed by atoms with Crippen molar-refractivity contribution in [3.63, 3.8) is 0 Å². The molecule has 0 rings (SSSR count). The van der Waals surface area contributed by atoms with E-state index in [4.69, 9.17) is 0 Å². The van der Waals surface area contributed by atoms with Crippen molar-refractivity contribution in [1.82, 2.24) is 0 Å². The van der Waals surface area contributed by atoms with Gasteiger partial charge in [0.1, 0.15) is 0 Å². The van der Waals surface area contributed by atoms with E-state index in [0.717, 1.165) is 6.42 Å². The molecule has 0 amide bonds. The number of rotatable bonds is 16. The Labute approximate surface area is 120 Å².